The Hall–Kier alpha value is -0.120. The summed E-state index contributed by atoms with van der Waals surface area (Å²) in [5.41, 5.74) is 0.627. The van der Waals surface area contributed by atoms with Crippen LogP contribution in [0.4, 0.5) is 0 Å². The van der Waals surface area contributed by atoms with Gasteiger partial charge in [-0.1, -0.05) is 12.8 Å². The Balaban J connectivity index is 2.50. The van der Waals surface area contributed by atoms with Crippen LogP contribution in [0.2, 0.25) is 0 Å². The van der Waals surface area contributed by atoms with E-state index in [1.165, 1.54) is 25.7 Å². The number of likely N-dealkylation sites (N-methyl/N-ethyl adjacent to an activating group) is 1. The molecular weight excluding hydrogens is 212 g/mol. The van der Waals surface area contributed by atoms with Crippen LogP contribution in [0.25, 0.3) is 0 Å². The molecule has 0 aromatic heterocycles. The van der Waals surface area contributed by atoms with Crippen LogP contribution in [0, 0.1) is 5.41 Å². The molecule has 0 aliphatic heterocycles. The van der Waals surface area contributed by atoms with Crippen LogP contribution in [0.15, 0.2) is 0 Å². The van der Waals surface area contributed by atoms with Gasteiger partial charge < -0.3 is 15.3 Å². The molecule has 0 saturated heterocycles. The summed E-state index contributed by atoms with van der Waals surface area (Å²) < 4.78 is 0. The molecule has 0 heterocycles. The van der Waals surface area contributed by atoms with Gasteiger partial charge in [0, 0.05) is 25.2 Å². The van der Waals surface area contributed by atoms with E-state index in [2.05, 4.69) is 38.0 Å². The normalized spacial score (nSPS) is 20.1. The Morgan fingerprint density at radius 3 is 2.29 bits per heavy atom. The Labute approximate surface area is 107 Å². The Morgan fingerprint density at radius 2 is 1.82 bits per heavy atom. The molecule has 0 bridgehead atoms. The topological polar surface area (TPSA) is 35.5 Å². The summed E-state index contributed by atoms with van der Waals surface area (Å²) >= 11 is 0. The molecule has 0 atom stereocenters. The molecule has 1 saturated carbocycles. The molecular formula is C14H30N2O. The van der Waals surface area contributed by atoms with E-state index in [9.17, 15) is 0 Å². The lowest BCUT2D eigenvalue weighted by atomic mass is 9.84. The van der Waals surface area contributed by atoms with Gasteiger partial charge in [-0.3, -0.25) is 0 Å². The molecule has 17 heavy (non-hydrogen) atoms. The number of hydrogen-bond acceptors (Lipinski definition) is 3. The van der Waals surface area contributed by atoms with Crippen LogP contribution in [-0.4, -0.2) is 48.8 Å². The molecule has 0 unspecified atom stereocenters. The van der Waals surface area contributed by atoms with Gasteiger partial charge in [-0.25, -0.2) is 0 Å². The SMILES string of the molecule is CN(CCO)CC1(CNC(C)(C)C)CCCC1. The van der Waals surface area contributed by atoms with Gasteiger partial charge in [0.05, 0.1) is 6.61 Å². The summed E-state index contributed by atoms with van der Waals surface area (Å²) in [5.74, 6) is 0. The van der Waals surface area contributed by atoms with E-state index < -0.39 is 0 Å². The van der Waals surface area contributed by atoms with Gasteiger partial charge in [0.15, 0.2) is 0 Å². The number of nitrogens with zero attached hydrogens (tertiary/aromatic N) is 1. The standard InChI is InChI=1S/C14H30N2O/c1-13(2,3)15-11-14(7-5-6-8-14)12-16(4)9-10-17/h15,17H,5-12H2,1-4H3. The zero-order valence-corrected chi connectivity index (χ0v) is 12.1. The van der Waals surface area contributed by atoms with Crippen molar-refractivity contribution in [2.75, 3.05) is 33.3 Å². The first kappa shape index (κ1) is 14.9. The van der Waals surface area contributed by atoms with Crippen molar-refractivity contribution in [3.63, 3.8) is 0 Å². The lowest BCUT2D eigenvalue weighted by Crippen LogP contribution is -2.47. The predicted octanol–water partition coefficient (Wildman–Crippen LogP) is 1.86. The fraction of sp³-hybridized carbons (Fsp3) is 1.00. The summed E-state index contributed by atoms with van der Waals surface area (Å²) in [6.45, 7) is 9.95. The van der Waals surface area contributed by atoms with Gasteiger partial charge in [-0.2, -0.15) is 0 Å². The van der Waals surface area contributed by atoms with Gasteiger partial charge in [-0.05, 0) is 46.1 Å². The van der Waals surface area contributed by atoms with Gasteiger partial charge >= 0.3 is 0 Å². The second kappa shape index (κ2) is 6.17. The second-order valence-corrected chi connectivity index (χ2v) is 6.77. The van der Waals surface area contributed by atoms with Gasteiger partial charge in [-0.15, -0.1) is 0 Å². The third kappa shape index (κ3) is 5.36. The monoisotopic (exact) mass is 242 g/mol. The minimum atomic E-state index is 0.200. The Morgan fingerprint density at radius 1 is 1.24 bits per heavy atom. The molecule has 0 amide bonds. The molecule has 0 aromatic carbocycles. The first-order valence-corrected chi connectivity index (χ1v) is 6.91. The minimum absolute atomic E-state index is 0.200. The van der Waals surface area contributed by atoms with Crippen LogP contribution in [-0.2, 0) is 0 Å². The van der Waals surface area contributed by atoms with Crippen LogP contribution >= 0.6 is 0 Å². The van der Waals surface area contributed by atoms with Crippen molar-refractivity contribution in [2.24, 2.45) is 5.41 Å². The zero-order chi connectivity index (χ0) is 12.9. The summed E-state index contributed by atoms with van der Waals surface area (Å²) in [5, 5.41) is 12.7. The highest BCUT2D eigenvalue weighted by Gasteiger charge is 2.35. The molecule has 102 valence electrons. The average Bonchev–Trinajstić information content (AvgIpc) is 2.63. The maximum absolute atomic E-state index is 9.00. The highest BCUT2D eigenvalue weighted by atomic mass is 16.3. The van der Waals surface area contributed by atoms with Crippen LogP contribution in [0.1, 0.15) is 46.5 Å². The maximum Gasteiger partial charge on any atom is 0.0558 e. The van der Waals surface area contributed by atoms with Crippen molar-refractivity contribution in [2.45, 2.75) is 52.0 Å². The molecule has 2 N–H and O–H groups in total. The molecule has 3 nitrogen and oxygen atoms in total. The van der Waals surface area contributed by atoms with Crippen LogP contribution in [0.5, 0.6) is 0 Å². The van der Waals surface area contributed by atoms with Gasteiger partial charge in [0.2, 0.25) is 0 Å². The fourth-order valence-corrected chi connectivity index (χ4v) is 2.79. The van der Waals surface area contributed by atoms with Crippen molar-refractivity contribution < 1.29 is 5.11 Å². The first-order valence-electron chi connectivity index (χ1n) is 6.91. The number of aliphatic hydroxyl groups excluding tert-OH is 1. The van der Waals surface area contributed by atoms with E-state index in [0.717, 1.165) is 19.6 Å². The van der Waals surface area contributed by atoms with Gasteiger partial charge in [0.25, 0.3) is 0 Å². The molecule has 1 rings (SSSR count). The van der Waals surface area contributed by atoms with Crippen molar-refractivity contribution in [3.05, 3.63) is 0 Å². The second-order valence-electron chi connectivity index (χ2n) is 6.77. The van der Waals surface area contributed by atoms with Crippen molar-refractivity contribution in [1.82, 2.24) is 10.2 Å². The number of hydrogen-bond donors (Lipinski definition) is 2. The van der Waals surface area contributed by atoms with Crippen molar-refractivity contribution >= 4 is 0 Å². The van der Waals surface area contributed by atoms with Crippen molar-refractivity contribution in [1.29, 1.82) is 0 Å². The highest BCUT2D eigenvalue weighted by molar-refractivity contribution is 4.90. The molecule has 1 aliphatic rings. The molecule has 0 aromatic rings. The molecule has 1 fully saturated rings. The fourth-order valence-electron chi connectivity index (χ4n) is 2.79. The van der Waals surface area contributed by atoms with Crippen molar-refractivity contribution in [3.8, 4) is 0 Å². The van der Waals surface area contributed by atoms with E-state index in [1.54, 1.807) is 0 Å². The summed E-state index contributed by atoms with van der Waals surface area (Å²) in [6, 6.07) is 0. The summed E-state index contributed by atoms with van der Waals surface area (Å²) in [6.07, 6.45) is 5.37. The lowest BCUT2D eigenvalue weighted by Gasteiger charge is -2.36. The van der Waals surface area contributed by atoms with E-state index in [-0.39, 0.29) is 12.1 Å². The van der Waals surface area contributed by atoms with Crippen LogP contribution < -0.4 is 5.32 Å². The van der Waals surface area contributed by atoms with Gasteiger partial charge in [0.1, 0.15) is 0 Å². The lowest BCUT2D eigenvalue weighted by molar-refractivity contribution is 0.139. The number of nitrogens with one attached hydrogen (secondary N) is 1. The van der Waals surface area contributed by atoms with E-state index in [1.807, 2.05) is 0 Å². The molecule has 3 heteroatoms. The predicted molar refractivity (Wildman–Crippen MR) is 73.2 cm³/mol. The Bertz CT molecular complexity index is 217. The number of aliphatic hydroxyl groups is 1. The average molecular weight is 242 g/mol. The van der Waals surface area contributed by atoms with Crippen LogP contribution in [0.3, 0.4) is 0 Å². The maximum atomic E-state index is 9.00. The smallest absolute Gasteiger partial charge is 0.0558 e. The number of rotatable bonds is 6. The Kier molecular flexibility index (Phi) is 5.42. The minimum Gasteiger partial charge on any atom is -0.395 e. The highest BCUT2D eigenvalue weighted by Crippen LogP contribution is 2.38. The molecule has 0 radical (unpaired) electrons. The molecule has 0 spiro atoms. The van der Waals surface area contributed by atoms with E-state index in [4.69, 9.17) is 5.11 Å². The quantitative estimate of drug-likeness (QED) is 0.746. The third-order valence-electron chi connectivity index (χ3n) is 3.74. The van der Waals surface area contributed by atoms with E-state index in [0.29, 0.717) is 5.41 Å². The van der Waals surface area contributed by atoms with E-state index >= 15 is 0 Å². The summed E-state index contributed by atoms with van der Waals surface area (Å²) in [7, 11) is 2.12. The summed E-state index contributed by atoms with van der Waals surface area (Å²) in [4.78, 5) is 2.27. The largest absolute Gasteiger partial charge is 0.395 e. The molecule has 1 aliphatic carbocycles. The third-order valence-corrected chi connectivity index (χ3v) is 3.74. The first-order chi connectivity index (χ1) is 7.87. The zero-order valence-electron chi connectivity index (χ0n) is 12.1.